The van der Waals surface area contributed by atoms with Crippen LogP contribution in [0.3, 0.4) is 0 Å². The molecular formula is C24H17N7O. The van der Waals surface area contributed by atoms with Crippen molar-refractivity contribution in [3.63, 3.8) is 0 Å². The predicted molar refractivity (Wildman–Crippen MR) is 120 cm³/mol. The first-order valence-corrected chi connectivity index (χ1v) is 9.85. The van der Waals surface area contributed by atoms with Gasteiger partial charge in [-0.05, 0) is 54.1 Å². The molecule has 4 aromatic heterocycles. The summed E-state index contributed by atoms with van der Waals surface area (Å²) in [6, 6.07) is 20.3. The van der Waals surface area contributed by atoms with Gasteiger partial charge in [-0.3, -0.25) is 9.55 Å². The van der Waals surface area contributed by atoms with Gasteiger partial charge in [-0.1, -0.05) is 12.1 Å². The highest BCUT2D eigenvalue weighted by molar-refractivity contribution is 5.84. The Morgan fingerprint density at radius 2 is 1.78 bits per heavy atom. The summed E-state index contributed by atoms with van der Waals surface area (Å²) in [7, 11) is 0. The number of aromatic nitrogens is 5. The molecule has 0 radical (unpaired) electrons. The van der Waals surface area contributed by atoms with E-state index in [4.69, 9.17) is 15.7 Å². The van der Waals surface area contributed by atoms with Crippen LogP contribution in [0.1, 0.15) is 11.1 Å². The first kappa shape index (κ1) is 19.4. The summed E-state index contributed by atoms with van der Waals surface area (Å²) in [6.07, 6.45) is 3.22. The fraction of sp³-hybridized carbons (Fsp3) is 0.0417. The Hall–Kier alpha value is -4.61. The fourth-order valence-corrected chi connectivity index (χ4v) is 3.52. The van der Waals surface area contributed by atoms with Crippen LogP contribution in [0.4, 0.5) is 5.82 Å². The Balaban J connectivity index is 1.78. The van der Waals surface area contributed by atoms with Crippen molar-refractivity contribution >= 4 is 17.0 Å². The Bertz CT molecular complexity index is 1480. The molecule has 0 atom stereocenters. The molecule has 0 spiro atoms. The van der Waals surface area contributed by atoms with Crippen LogP contribution in [0.2, 0.25) is 0 Å². The van der Waals surface area contributed by atoms with Gasteiger partial charge in [0.2, 0.25) is 0 Å². The van der Waals surface area contributed by atoms with Crippen molar-refractivity contribution in [2.75, 3.05) is 5.73 Å². The molecule has 0 aliphatic carbocycles. The average molecular weight is 419 g/mol. The molecule has 3 N–H and O–H groups in total. The molecule has 0 amide bonds. The molecule has 154 valence electrons. The normalized spacial score (nSPS) is 10.9. The van der Waals surface area contributed by atoms with Crippen LogP contribution < -0.4 is 5.73 Å². The number of nitrogens with zero attached hydrogens (tertiary/aromatic N) is 6. The first-order valence-electron chi connectivity index (χ1n) is 9.85. The van der Waals surface area contributed by atoms with E-state index in [9.17, 15) is 10.4 Å². The number of benzene rings is 1. The van der Waals surface area contributed by atoms with E-state index < -0.39 is 0 Å². The summed E-state index contributed by atoms with van der Waals surface area (Å²) in [6.45, 7) is -0.0450. The van der Waals surface area contributed by atoms with Crippen molar-refractivity contribution in [3.8, 4) is 34.5 Å². The van der Waals surface area contributed by atoms with Gasteiger partial charge >= 0.3 is 0 Å². The number of nitrogens with two attached hydrogens (primary N) is 1. The summed E-state index contributed by atoms with van der Waals surface area (Å²) >= 11 is 0. The van der Waals surface area contributed by atoms with Crippen molar-refractivity contribution in [2.45, 2.75) is 6.61 Å². The maximum atomic E-state index is 9.42. The highest BCUT2D eigenvalue weighted by Gasteiger charge is 2.19. The first-order chi connectivity index (χ1) is 15.7. The van der Waals surface area contributed by atoms with Crippen LogP contribution in [0.25, 0.3) is 39.6 Å². The van der Waals surface area contributed by atoms with Gasteiger partial charge in [0.25, 0.3) is 0 Å². The Kier molecular flexibility index (Phi) is 4.78. The summed E-state index contributed by atoms with van der Waals surface area (Å²) in [5.41, 5.74) is 11.5. The lowest BCUT2D eigenvalue weighted by Crippen LogP contribution is -2.02. The van der Waals surface area contributed by atoms with Gasteiger partial charge < -0.3 is 10.8 Å². The third-order valence-electron chi connectivity index (χ3n) is 5.11. The van der Waals surface area contributed by atoms with Crippen LogP contribution in [0, 0.1) is 11.3 Å². The second kappa shape index (κ2) is 7.91. The lowest BCUT2D eigenvalue weighted by atomic mass is 10.2. The molecule has 0 bridgehead atoms. The lowest BCUT2D eigenvalue weighted by Gasteiger charge is -2.11. The largest absolute Gasteiger partial charge is 0.392 e. The topological polar surface area (TPSA) is 127 Å². The van der Waals surface area contributed by atoms with Gasteiger partial charge in [-0.2, -0.15) is 5.26 Å². The number of nitrogen functional groups attached to an aromatic ring is 1. The molecule has 5 rings (SSSR count). The number of hydrogen-bond acceptors (Lipinski definition) is 7. The fourth-order valence-electron chi connectivity index (χ4n) is 3.52. The molecule has 0 saturated carbocycles. The molecule has 8 nitrogen and oxygen atoms in total. The van der Waals surface area contributed by atoms with E-state index in [0.29, 0.717) is 45.3 Å². The predicted octanol–water partition coefficient (Wildman–Crippen LogP) is 3.49. The minimum atomic E-state index is -0.0450. The number of pyridine rings is 3. The van der Waals surface area contributed by atoms with Crippen molar-refractivity contribution < 1.29 is 5.11 Å². The van der Waals surface area contributed by atoms with Gasteiger partial charge in [0.05, 0.1) is 35.2 Å². The van der Waals surface area contributed by atoms with E-state index in [1.807, 2.05) is 47.0 Å². The summed E-state index contributed by atoms with van der Waals surface area (Å²) < 4.78 is 1.90. The van der Waals surface area contributed by atoms with Gasteiger partial charge in [0.15, 0.2) is 11.5 Å². The van der Waals surface area contributed by atoms with E-state index in [1.165, 1.54) is 0 Å². The Labute approximate surface area is 183 Å². The van der Waals surface area contributed by atoms with Crippen molar-refractivity contribution in [1.29, 1.82) is 5.26 Å². The number of fused-ring (bicyclic) bond motifs is 1. The molecular weight excluding hydrogens is 402 g/mol. The summed E-state index contributed by atoms with van der Waals surface area (Å²) in [4.78, 5) is 18.2. The van der Waals surface area contributed by atoms with Crippen LogP contribution >= 0.6 is 0 Å². The number of nitriles is 1. The molecule has 0 fully saturated rings. The third-order valence-corrected chi connectivity index (χ3v) is 5.11. The number of hydrogen-bond donors (Lipinski definition) is 2. The van der Waals surface area contributed by atoms with Gasteiger partial charge in [-0.25, -0.2) is 15.0 Å². The molecule has 0 saturated heterocycles. The minimum absolute atomic E-state index is 0.0450. The number of anilines is 1. The smallest absolute Gasteiger partial charge is 0.165 e. The molecule has 5 aromatic rings. The van der Waals surface area contributed by atoms with Crippen LogP contribution in [0.5, 0.6) is 0 Å². The van der Waals surface area contributed by atoms with E-state index >= 15 is 0 Å². The highest BCUT2D eigenvalue weighted by atomic mass is 16.3. The van der Waals surface area contributed by atoms with Crippen molar-refractivity contribution in [1.82, 2.24) is 24.5 Å². The van der Waals surface area contributed by atoms with Crippen LogP contribution in [0.15, 0.2) is 73.1 Å². The maximum Gasteiger partial charge on any atom is 0.165 e. The zero-order valence-electron chi connectivity index (χ0n) is 16.8. The Morgan fingerprint density at radius 1 is 0.938 bits per heavy atom. The van der Waals surface area contributed by atoms with Crippen LogP contribution in [-0.2, 0) is 6.61 Å². The SMILES string of the molecule is N#Cc1ccnc(-c2ccc3nc(-c4cccnc4N)n(-c4ccc(CO)cc4)c3n2)c1. The minimum Gasteiger partial charge on any atom is -0.392 e. The standard InChI is InChI=1S/C24H17N7O/c25-13-16-9-11-27-21(12-16)19-7-8-20-24(29-19)31(17-5-3-15(14-32)4-6-17)23(30-20)18-2-1-10-28-22(18)26/h1-12,32H,14H2,(H2,26,28). The molecule has 1 aromatic carbocycles. The van der Waals surface area contributed by atoms with Gasteiger partial charge in [0, 0.05) is 18.1 Å². The second-order valence-corrected chi connectivity index (χ2v) is 7.11. The van der Waals surface area contributed by atoms with Gasteiger partial charge in [-0.15, -0.1) is 0 Å². The van der Waals surface area contributed by atoms with Crippen LogP contribution in [-0.4, -0.2) is 29.6 Å². The number of imidazole rings is 1. The average Bonchev–Trinajstić information content (AvgIpc) is 3.23. The highest BCUT2D eigenvalue weighted by Crippen LogP contribution is 2.31. The maximum absolute atomic E-state index is 9.42. The van der Waals surface area contributed by atoms with Crippen molar-refractivity contribution in [2.24, 2.45) is 0 Å². The monoisotopic (exact) mass is 419 g/mol. The number of aliphatic hydroxyl groups is 1. The zero-order chi connectivity index (χ0) is 22.1. The van der Waals surface area contributed by atoms with E-state index in [0.717, 1.165) is 11.3 Å². The number of aliphatic hydroxyl groups excluding tert-OH is 1. The molecule has 0 aliphatic heterocycles. The quantitative estimate of drug-likeness (QED) is 0.456. The second-order valence-electron chi connectivity index (χ2n) is 7.11. The van der Waals surface area contributed by atoms with Crippen molar-refractivity contribution in [3.05, 3.63) is 84.2 Å². The van der Waals surface area contributed by atoms with E-state index in [1.54, 1.807) is 30.6 Å². The molecule has 0 unspecified atom stereocenters. The molecule has 32 heavy (non-hydrogen) atoms. The van der Waals surface area contributed by atoms with Gasteiger partial charge in [0.1, 0.15) is 11.3 Å². The lowest BCUT2D eigenvalue weighted by molar-refractivity contribution is 0.282. The molecule has 4 heterocycles. The van der Waals surface area contributed by atoms with E-state index in [2.05, 4.69) is 16.0 Å². The zero-order valence-corrected chi connectivity index (χ0v) is 16.8. The summed E-state index contributed by atoms with van der Waals surface area (Å²) in [5.74, 6) is 0.963. The summed E-state index contributed by atoms with van der Waals surface area (Å²) in [5, 5.41) is 18.6. The van der Waals surface area contributed by atoms with E-state index in [-0.39, 0.29) is 6.61 Å². The molecule has 0 aliphatic rings. The molecule has 8 heteroatoms. The third kappa shape index (κ3) is 3.33. The number of rotatable bonds is 4. The Morgan fingerprint density at radius 3 is 2.53 bits per heavy atom.